The summed E-state index contributed by atoms with van der Waals surface area (Å²) in [7, 11) is 0. The summed E-state index contributed by atoms with van der Waals surface area (Å²) in [6.45, 7) is 9.44. The summed E-state index contributed by atoms with van der Waals surface area (Å²) in [5, 5.41) is 3.68. The topological polar surface area (TPSA) is 24.5 Å². The van der Waals surface area contributed by atoms with E-state index in [0.717, 1.165) is 39.3 Å². The van der Waals surface area contributed by atoms with Gasteiger partial charge in [0.15, 0.2) is 0 Å². The number of nitrogens with zero attached hydrogens (tertiary/aromatic N) is 1. The Bertz CT molecular complexity index is 444. The van der Waals surface area contributed by atoms with Crippen molar-refractivity contribution in [3.05, 3.63) is 35.4 Å². The van der Waals surface area contributed by atoms with E-state index in [-0.39, 0.29) is 5.54 Å². The average molecular weight is 260 g/mol. The van der Waals surface area contributed by atoms with Crippen molar-refractivity contribution in [2.45, 2.75) is 38.4 Å². The van der Waals surface area contributed by atoms with E-state index in [2.05, 4.69) is 48.3 Å². The Kier molecular flexibility index (Phi) is 3.61. The highest BCUT2D eigenvalue weighted by Gasteiger charge is 2.32. The first-order chi connectivity index (χ1) is 9.15. The molecule has 1 aromatic rings. The third-order valence-electron chi connectivity index (χ3n) is 4.42. The summed E-state index contributed by atoms with van der Waals surface area (Å²) in [6.07, 6.45) is 1.14. The quantitative estimate of drug-likeness (QED) is 0.878. The highest BCUT2D eigenvalue weighted by Crippen LogP contribution is 2.22. The lowest BCUT2D eigenvalue weighted by Crippen LogP contribution is -2.57. The van der Waals surface area contributed by atoms with Gasteiger partial charge in [-0.25, -0.2) is 0 Å². The van der Waals surface area contributed by atoms with Crippen LogP contribution < -0.4 is 5.32 Å². The van der Waals surface area contributed by atoms with E-state index in [1.165, 1.54) is 11.1 Å². The van der Waals surface area contributed by atoms with Gasteiger partial charge in [0.25, 0.3) is 0 Å². The Balaban J connectivity index is 1.65. The summed E-state index contributed by atoms with van der Waals surface area (Å²) in [5.74, 6) is 0. The molecule has 1 N–H and O–H groups in total. The number of fused-ring (bicyclic) bond motifs is 1. The summed E-state index contributed by atoms with van der Waals surface area (Å²) < 4.78 is 5.60. The lowest BCUT2D eigenvalue weighted by molar-refractivity contribution is -0.0547. The fourth-order valence-electron chi connectivity index (χ4n) is 3.15. The Morgan fingerprint density at radius 2 is 2.11 bits per heavy atom. The van der Waals surface area contributed by atoms with Crippen LogP contribution >= 0.6 is 0 Å². The van der Waals surface area contributed by atoms with Gasteiger partial charge in [0.05, 0.1) is 13.2 Å². The van der Waals surface area contributed by atoms with Gasteiger partial charge in [-0.1, -0.05) is 24.3 Å². The molecule has 0 saturated carbocycles. The predicted octanol–water partition coefficient (Wildman–Crippen LogP) is 1.81. The number of rotatable bonds is 2. The maximum Gasteiger partial charge on any atom is 0.0645 e. The van der Waals surface area contributed by atoms with Gasteiger partial charge < -0.3 is 10.1 Å². The van der Waals surface area contributed by atoms with Gasteiger partial charge in [0, 0.05) is 31.2 Å². The van der Waals surface area contributed by atoms with Gasteiger partial charge in [-0.15, -0.1) is 0 Å². The first-order valence-corrected chi connectivity index (χ1v) is 7.28. The van der Waals surface area contributed by atoms with Crippen molar-refractivity contribution in [1.29, 1.82) is 0 Å². The third-order valence-corrected chi connectivity index (χ3v) is 4.42. The first kappa shape index (κ1) is 13.1. The van der Waals surface area contributed by atoms with Crippen LogP contribution in [-0.4, -0.2) is 42.8 Å². The molecule has 1 unspecified atom stereocenters. The van der Waals surface area contributed by atoms with Crippen molar-refractivity contribution < 1.29 is 4.74 Å². The number of ether oxygens (including phenoxy) is 1. The van der Waals surface area contributed by atoms with Crippen LogP contribution in [0.2, 0.25) is 0 Å². The molecule has 1 fully saturated rings. The zero-order chi connectivity index (χ0) is 13.3. The molecule has 1 saturated heterocycles. The van der Waals surface area contributed by atoms with Crippen molar-refractivity contribution in [2.75, 3.05) is 26.3 Å². The molecular weight excluding hydrogens is 236 g/mol. The van der Waals surface area contributed by atoms with Crippen LogP contribution in [0.25, 0.3) is 0 Å². The van der Waals surface area contributed by atoms with E-state index in [1.807, 2.05) is 0 Å². The van der Waals surface area contributed by atoms with Gasteiger partial charge >= 0.3 is 0 Å². The fourth-order valence-corrected chi connectivity index (χ4v) is 3.15. The van der Waals surface area contributed by atoms with Crippen molar-refractivity contribution >= 4 is 0 Å². The molecule has 0 aromatic heterocycles. The number of hydrogen-bond acceptors (Lipinski definition) is 3. The van der Waals surface area contributed by atoms with Crippen LogP contribution in [0.3, 0.4) is 0 Å². The third kappa shape index (κ3) is 2.83. The second-order valence-corrected chi connectivity index (χ2v) is 6.36. The largest absolute Gasteiger partial charge is 0.378 e. The molecule has 3 rings (SSSR count). The molecule has 1 atom stereocenters. The molecule has 3 nitrogen and oxygen atoms in total. The van der Waals surface area contributed by atoms with Crippen LogP contribution in [0.4, 0.5) is 0 Å². The van der Waals surface area contributed by atoms with Crippen molar-refractivity contribution in [3.63, 3.8) is 0 Å². The summed E-state index contributed by atoms with van der Waals surface area (Å²) in [5.41, 5.74) is 3.13. The Hall–Kier alpha value is -0.900. The lowest BCUT2D eigenvalue weighted by Gasteiger charge is -2.44. The van der Waals surface area contributed by atoms with Crippen LogP contribution in [0.1, 0.15) is 25.0 Å². The van der Waals surface area contributed by atoms with Crippen LogP contribution in [-0.2, 0) is 17.7 Å². The molecule has 0 amide bonds. The van der Waals surface area contributed by atoms with Crippen molar-refractivity contribution in [1.82, 2.24) is 10.2 Å². The maximum absolute atomic E-state index is 5.60. The fraction of sp³-hybridized carbons (Fsp3) is 0.625. The molecule has 19 heavy (non-hydrogen) atoms. The van der Waals surface area contributed by atoms with E-state index in [0.29, 0.717) is 6.04 Å². The van der Waals surface area contributed by atoms with Gasteiger partial charge in [-0.3, -0.25) is 4.90 Å². The molecule has 0 bridgehead atoms. The minimum Gasteiger partial charge on any atom is -0.378 e. The van der Waals surface area contributed by atoms with Gasteiger partial charge in [-0.05, 0) is 31.4 Å². The minimum atomic E-state index is 0.164. The van der Waals surface area contributed by atoms with Crippen LogP contribution in [0, 0.1) is 0 Å². The molecule has 1 aromatic carbocycles. The second-order valence-electron chi connectivity index (χ2n) is 6.36. The van der Waals surface area contributed by atoms with E-state index >= 15 is 0 Å². The van der Waals surface area contributed by atoms with E-state index in [4.69, 9.17) is 4.74 Å². The molecule has 2 aliphatic rings. The Morgan fingerprint density at radius 1 is 1.32 bits per heavy atom. The maximum atomic E-state index is 5.60. The SMILES string of the molecule is CC1(C)COCCN1CC1Cc2ccccc2CN1. The zero-order valence-corrected chi connectivity index (χ0v) is 12.0. The molecule has 0 radical (unpaired) electrons. The van der Waals surface area contributed by atoms with Crippen LogP contribution in [0.15, 0.2) is 24.3 Å². The van der Waals surface area contributed by atoms with Crippen molar-refractivity contribution in [3.8, 4) is 0 Å². The Labute approximate surface area is 115 Å². The molecule has 0 spiro atoms. The first-order valence-electron chi connectivity index (χ1n) is 7.28. The Morgan fingerprint density at radius 3 is 2.89 bits per heavy atom. The molecule has 2 heterocycles. The standard InChI is InChI=1S/C16H24N2O/c1-16(2)12-19-8-7-18(16)11-15-9-13-5-3-4-6-14(13)10-17-15/h3-6,15,17H,7-12H2,1-2H3. The van der Waals surface area contributed by atoms with Gasteiger partial charge in [0.2, 0.25) is 0 Å². The smallest absolute Gasteiger partial charge is 0.0645 e. The molecule has 0 aliphatic carbocycles. The summed E-state index contributed by atoms with van der Waals surface area (Å²) >= 11 is 0. The number of hydrogen-bond donors (Lipinski definition) is 1. The van der Waals surface area contributed by atoms with Crippen molar-refractivity contribution in [2.24, 2.45) is 0 Å². The minimum absolute atomic E-state index is 0.164. The second kappa shape index (κ2) is 5.23. The normalized spacial score (nSPS) is 26.9. The molecule has 3 heteroatoms. The predicted molar refractivity (Wildman–Crippen MR) is 77.2 cm³/mol. The monoisotopic (exact) mass is 260 g/mol. The number of nitrogens with one attached hydrogen (secondary N) is 1. The number of benzene rings is 1. The van der Waals surface area contributed by atoms with E-state index in [9.17, 15) is 0 Å². The van der Waals surface area contributed by atoms with E-state index < -0.39 is 0 Å². The molecule has 2 aliphatic heterocycles. The lowest BCUT2D eigenvalue weighted by atomic mass is 9.94. The summed E-state index contributed by atoms with van der Waals surface area (Å²) in [6, 6.07) is 9.35. The van der Waals surface area contributed by atoms with Gasteiger partial charge in [0.1, 0.15) is 0 Å². The summed E-state index contributed by atoms with van der Waals surface area (Å²) in [4.78, 5) is 2.57. The average Bonchev–Trinajstić information content (AvgIpc) is 2.41. The highest BCUT2D eigenvalue weighted by molar-refractivity contribution is 5.30. The molecular formula is C16H24N2O. The molecule has 104 valence electrons. The highest BCUT2D eigenvalue weighted by atomic mass is 16.5. The van der Waals surface area contributed by atoms with Crippen LogP contribution in [0.5, 0.6) is 0 Å². The van der Waals surface area contributed by atoms with Gasteiger partial charge in [-0.2, -0.15) is 0 Å². The number of morpholine rings is 1. The zero-order valence-electron chi connectivity index (χ0n) is 12.0. The van der Waals surface area contributed by atoms with E-state index in [1.54, 1.807) is 0 Å².